The molecule has 0 fully saturated rings. The van der Waals surface area contributed by atoms with Crippen molar-refractivity contribution < 1.29 is 8.78 Å². The van der Waals surface area contributed by atoms with Crippen molar-refractivity contribution in [3.8, 4) is 0 Å². The number of hydrogen-bond acceptors (Lipinski definition) is 2. The number of para-hydroxylation sites is 1. The minimum absolute atomic E-state index is 0.194. The van der Waals surface area contributed by atoms with Gasteiger partial charge in [0.15, 0.2) is 0 Å². The highest BCUT2D eigenvalue weighted by molar-refractivity contribution is 5.62. The summed E-state index contributed by atoms with van der Waals surface area (Å²) in [5, 5.41) is 2.66. The number of anilines is 3. The summed E-state index contributed by atoms with van der Waals surface area (Å²) in [5.41, 5.74) is 6.16. The van der Waals surface area contributed by atoms with Gasteiger partial charge in [-0.05, 0) is 30.3 Å². The molecule has 16 heavy (non-hydrogen) atoms. The van der Waals surface area contributed by atoms with Crippen molar-refractivity contribution in [2.45, 2.75) is 0 Å². The van der Waals surface area contributed by atoms with Gasteiger partial charge < -0.3 is 11.1 Å². The Kier molecular flexibility index (Phi) is 2.72. The predicted molar refractivity (Wildman–Crippen MR) is 60.5 cm³/mol. The van der Waals surface area contributed by atoms with Crippen LogP contribution in [0.3, 0.4) is 0 Å². The highest BCUT2D eigenvalue weighted by atomic mass is 19.1. The molecule has 0 atom stereocenters. The zero-order valence-corrected chi connectivity index (χ0v) is 8.37. The Balaban J connectivity index is 2.31. The standard InChI is InChI=1S/C12H10F2N2/c13-9-3-1-2-4-11(9)16-12-6-5-8(15)7-10(12)14/h1-7,16H,15H2. The second-order valence-corrected chi connectivity index (χ2v) is 3.34. The summed E-state index contributed by atoms with van der Waals surface area (Å²) in [4.78, 5) is 0. The second kappa shape index (κ2) is 4.18. The van der Waals surface area contributed by atoms with Crippen LogP contribution in [0.2, 0.25) is 0 Å². The Morgan fingerprint density at radius 3 is 2.25 bits per heavy atom. The van der Waals surface area contributed by atoms with Crippen molar-refractivity contribution in [3.05, 3.63) is 54.1 Å². The van der Waals surface area contributed by atoms with Gasteiger partial charge in [-0.15, -0.1) is 0 Å². The van der Waals surface area contributed by atoms with E-state index >= 15 is 0 Å². The summed E-state index contributed by atoms with van der Waals surface area (Å²) in [6.45, 7) is 0. The topological polar surface area (TPSA) is 38.0 Å². The molecule has 0 amide bonds. The molecule has 0 saturated carbocycles. The van der Waals surface area contributed by atoms with E-state index < -0.39 is 11.6 Å². The predicted octanol–water partition coefficient (Wildman–Crippen LogP) is 3.29. The molecule has 2 aromatic carbocycles. The lowest BCUT2D eigenvalue weighted by atomic mass is 10.2. The third kappa shape index (κ3) is 2.11. The first kappa shape index (κ1) is 10.4. The number of nitrogens with two attached hydrogens (primary N) is 1. The molecule has 0 aromatic heterocycles. The van der Waals surface area contributed by atoms with Gasteiger partial charge in [-0.2, -0.15) is 0 Å². The van der Waals surface area contributed by atoms with E-state index in [1.807, 2.05) is 0 Å². The van der Waals surface area contributed by atoms with Crippen LogP contribution >= 0.6 is 0 Å². The average Bonchev–Trinajstić information content (AvgIpc) is 2.25. The van der Waals surface area contributed by atoms with Crippen LogP contribution in [0, 0.1) is 11.6 Å². The van der Waals surface area contributed by atoms with Gasteiger partial charge in [0.05, 0.1) is 11.4 Å². The number of rotatable bonds is 2. The van der Waals surface area contributed by atoms with Crippen LogP contribution < -0.4 is 11.1 Å². The van der Waals surface area contributed by atoms with E-state index in [9.17, 15) is 8.78 Å². The van der Waals surface area contributed by atoms with Crippen molar-refractivity contribution >= 4 is 17.1 Å². The molecule has 0 aliphatic rings. The summed E-state index contributed by atoms with van der Waals surface area (Å²) < 4.78 is 26.7. The fourth-order valence-corrected chi connectivity index (χ4v) is 1.34. The smallest absolute Gasteiger partial charge is 0.148 e. The summed E-state index contributed by atoms with van der Waals surface area (Å²) >= 11 is 0. The Bertz CT molecular complexity index is 512. The lowest BCUT2D eigenvalue weighted by Gasteiger charge is -2.08. The molecule has 0 aliphatic heterocycles. The van der Waals surface area contributed by atoms with E-state index in [1.165, 1.54) is 24.3 Å². The van der Waals surface area contributed by atoms with E-state index in [-0.39, 0.29) is 11.4 Å². The third-order valence-electron chi connectivity index (χ3n) is 2.14. The van der Waals surface area contributed by atoms with Gasteiger partial charge in [0.1, 0.15) is 11.6 Å². The molecule has 0 aliphatic carbocycles. The van der Waals surface area contributed by atoms with Gasteiger partial charge in [0, 0.05) is 5.69 Å². The van der Waals surface area contributed by atoms with Crippen LogP contribution in [0.5, 0.6) is 0 Å². The van der Waals surface area contributed by atoms with Crippen LogP contribution in [-0.4, -0.2) is 0 Å². The average molecular weight is 220 g/mol. The monoisotopic (exact) mass is 220 g/mol. The SMILES string of the molecule is Nc1ccc(Nc2ccccc2F)c(F)c1. The van der Waals surface area contributed by atoms with Crippen LogP contribution in [0.4, 0.5) is 25.8 Å². The summed E-state index contributed by atoms with van der Waals surface area (Å²) in [6, 6.07) is 10.3. The van der Waals surface area contributed by atoms with Gasteiger partial charge in [0.2, 0.25) is 0 Å². The van der Waals surface area contributed by atoms with Gasteiger partial charge in [-0.1, -0.05) is 12.1 Å². The molecule has 0 radical (unpaired) electrons. The molecule has 3 N–H and O–H groups in total. The van der Waals surface area contributed by atoms with E-state index in [1.54, 1.807) is 18.2 Å². The number of benzene rings is 2. The Morgan fingerprint density at radius 2 is 1.56 bits per heavy atom. The van der Waals surface area contributed by atoms with Gasteiger partial charge in [-0.3, -0.25) is 0 Å². The number of nitrogens with one attached hydrogen (secondary N) is 1. The van der Waals surface area contributed by atoms with Crippen LogP contribution in [0.25, 0.3) is 0 Å². The maximum Gasteiger partial charge on any atom is 0.148 e. The first-order chi connectivity index (χ1) is 7.66. The normalized spacial score (nSPS) is 10.1. The van der Waals surface area contributed by atoms with Crippen molar-refractivity contribution in [2.75, 3.05) is 11.1 Å². The van der Waals surface area contributed by atoms with Gasteiger partial charge in [-0.25, -0.2) is 8.78 Å². The fourth-order valence-electron chi connectivity index (χ4n) is 1.34. The molecule has 4 heteroatoms. The second-order valence-electron chi connectivity index (χ2n) is 3.34. The molecule has 0 bridgehead atoms. The third-order valence-corrected chi connectivity index (χ3v) is 2.14. The van der Waals surface area contributed by atoms with E-state index in [4.69, 9.17) is 5.73 Å². The Hall–Kier alpha value is -2.10. The summed E-state index contributed by atoms with van der Waals surface area (Å²) in [5.74, 6) is -0.943. The minimum atomic E-state index is -0.511. The molecule has 0 saturated heterocycles. The zero-order chi connectivity index (χ0) is 11.5. The molecule has 0 spiro atoms. The van der Waals surface area contributed by atoms with Crippen LogP contribution in [0.1, 0.15) is 0 Å². The minimum Gasteiger partial charge on any atom is -0.399 e. The first-order valence-electron chi connectivity index (χ1n) is 4.73. The molecular weight excluding hydrogens is 210 g/mol. The van der Waals surface area contributed by atoms with Crippen LogP contribution in [0.15, 0.2) is 42.5 Å². The van der Waals surface area contributed by atoms with Gasteiger partial charge >= 0.3 is 0 Å². The molecule has 0 heterocycles. The number of nitrogen functional groups attached to an aromatic ring is 1. The highest BCUT2D eigenvalue weighted by Gasteiger charge is 2.05. The number of halogens is 2. The molecule has 82 valence electrons. The maximum atomic E-state index is 13.4. The lowest BCUT2D eigenvalue weighted by Crippen LogP contribution is -1.97. The zero-order valence-electron chi connectivity index (χ0n) is 8.37. The quantitative estimate of drug-likeness (QED) is 0.762. The summed E-state index contributed by atoms with van der Waals surface area (Å²) in [7, 11) is 0. The summed E-state index contributed by atoms with van der Waals surface area (Å²) in [6.07, 6.45) is 0. The van der Waals surface area contributed by atoms with Crippen molar-refractivity contribution in [2.24, 2.45) is 0 Å². The van der Waals surface area contributed by atoms with Crippen LogP contribution in [-0.2, 0) is 0 Å². The van der Waals surface area contributed by atoms with Gasteiger partial charge in [0.25, 0.3) is 0 Å². The largest absolute Gasteiger partial charge is 0.399 e. The Morgan fingerprint density at radius 1 is 0.875 bits per heavy atom. The molecule has 0 unspecified atom stereocenters. The molecular formula is C12H10F2N2. The van der Waals surface area contributed by atoms with Crippen molar-refractivity contribution in [1.29, 1.82) is 0 Å². The van der Waals surface area contributed by atoms with E-state index in [2.05, 4.69) is 5.32 Å². The van der Waals surface area contributed by atoms with Crippen molar-refractivity contribution in [3.63, 3.8) is 0 Å². The Labute approximate surface area is 91.7 Å². The van der Waals surface area contributed by atoms with E-state index in [0.717, 1.165) is 0 Å². The molecule has 2 aromatic rings. The lowest BCUT2D eigenvalue weighted by molar-refractivity contribution is 0.626. The molecule has 2 nitrogen and oxygen atoms in total. The first-order valence-corrected chi connectivity index (χ1v) is 4.73. The highest BCUT2D eigenvalue weighted by Crippen LogP contribution is 2.23. The fraction of sp³-hybridized carbons (Fsp3) is 0. The number of hydrogen-bond donors (Lipinski definition) is 2. The van der Waals surface area contributed by atoms with E-state index in [0.29, 0.717) is 5.69 Å². The molecule has 2 rings (SSSR count). The van der Waals surface area contributed by atoms with Crippen molar-refractivity contribution in [1.82, 2.24) is 0 Å². The maximum absolute atomic E-state index is 13.4.